The van der Waals surface area contributed by atoms with Crippen molar-refractivity contribution in [1.29, 1.82) is 0 Å². The SMILES string of the molecule is CN(C(=O)OC(C)(C)C)C1CCCN(S(=O)(=O)Cc2cccc(Cl)c2)C1. The summed E-state index contributed by atoms with van der Waals surface area (Å²) in [6.07, 6.45) is 1.02. The minimum absolute atomic E-state index is 0.101. The molecule has 0 N–H and O–H groups in total. The molecule has 26 heavy (non-hydrogen) atoms. The molecule has 1 heterocycles. The van der Waals surface area contributed by atoms with Crippen LogP contribution in [0.15, 0.2) is 24.3 Å². The molecule has 1 fully saturated rings. The number of carbonyl (C=O) groups excluding carboxylic acids is 1. The van der Waals surface area contributed by atoms with E-state index in [4.69, 9.17) is 16.3 Å². The summed E-state index contributed by atoms with van der Waals surface area (Å²) in [6, 6.07) is 6.66. The van der Waals surface area contributed by atoms with Gasteiger partial charge >= 0.3 is 6.09 Å². The molecule has 6 nitrogen and oxygen atoms in total. The number of sulfonamides is 1. The molecule has 146 valence electrons. The second-order valence-electron chi connectivity index (χ2n) is 7.63. The van der Waals surface area contributed by atoms with E-state index in [0.717, 1.165) is 6.42 Å². The van der Waals surface area contributed by atoms with Crippen LogP contribution in [0.2, 0.25) is 5.02 Å². The molecule has 1 aromatic rings. The van der Waals surface area contributed by atoms with Gasteiger partial charge in [-0.2, -0.15) is 4.31 Å². The van der Waals surface area contributed by atoms with Crippen LogP contribution in [0.25, 0.3) is 0 Å². The Labute approximate surface area is 161 Å². The van der Waals surface area contributed by atoms with Gasteiger partial charge in [0.25, 0.3) is 0 Å². The Morgan fingerprint density at radius 3 is 2.69 bits per heavy atom. The van der Waals surface area contributed by atoms with Gasteiger partial charge in [0.2, 0.25) is 10.0 Å². The molecule has 1 aliphatic heterocycles. The van der Waals surface area contributed by atoms with Crippen molar-refractivity contribution >= 4 is 27.7 Å². The molecule has 2 rings (SSSR count). The summed E-state index contributed by atoms with van der Waals surface area (Å²) >= 11 is 5.95. The van der Waals surface area contributed by atoms with Crippen molar-refractivity contribution in [1.82, 2.24) is 9.21 Å². The van der Waals surface area contributed by atoms with E-state index in [1.54, 1.807) is 52.1 Å². The van der Waals surface area contributed by atoms with Gasteiger partial charge in [0.05, 0.1) is 5.75 Å². The topological polar surface area (TPSA) is 66.9 Å². The van der Waals surface area contributed by atoms with Gasteiger partial charge in [-0.25, -0.2) is 13.2 Å². The molecule has 1 amide bonds. The monoisotopic (exact) mass is 402 g/mol. The highest BCUT2D eigenvalue weighted by molar-refractivity contribution is 7.88. The van der Waals surface area contributed by atoms with Gasteiger partial charge in [0.15, 0.2) is 0 Å². The van der Waals surface area contributed by atoms with Crippen LogP contribution >= 0.6 is 11.6 Å². The van der Waals surface area contributed by atoms with Gasteiger partial charge in [0, 0.05) is 31.2 Å². The molecule has 1 saturated heterocycles. The lowest BCUT2D eigenvalue weighted by Crippen LogP contribution is -2.51. The first-order valence-electron chi connectivity index (χ1n) is 8.66. The third kappa shape index (κ3) is 5.86. The van der Waals surface area contributed by atoms with Crippen molar-refractivity contribution in [2.24, 2.45) is 0 Å². The first-order chi connectivity index (χ1) is 12.0. The Morgan fingerprint density at radius 1 is 1.38 bits per heavy atom. The number of ether oxygens (including phenoxy) is 1. The minimum Gasteiger partial charge on any atom is -0.444 e. The van der Waals surface area contributed by atoms with E-state index in [9.17, 15) is 13.2 Å². The van der Waals surface area contributed by atoms with Crippen LogP contribution in [0.3, 0.4) is 0 Å². The molecule has 0 aromatic heterocycles. The van der Waals surface area contributed by atoms with Gasteiger partial charge < -0.3 is 9.64 Å². The van der Waals surface area contributed by atoms with Crippen molar-refractivity contribution in [2.45, 2.75) is 51.0 Å². The largest absolute Gasteiger partial charge is 0.444 e. The summed E-state index contributed by atoms with van der Waals surface area (Å²) < 4.78 is 32.4. The third-order valence-corrected chi connectivity index (χ3v) is 6.27. The number of nitrogens with zero attached hydrogens (tertiary/aromatic N) is 2. The van der Waals surface area contributed by atoms with E-state index in [1.807, 2.05) is 0 Å². The van der Waals surface area contributed by atoms with Crippen molar-refractivity contribution in [3.63, 3.8) is 0 Å². The zero-order valence-corrected chi connectivity index (χ0v) is 17.3. The van der Waals surface area contributed by atoms with Crippen molar-refractivity contribution in [2.75, 3.05) is 20.1 Å². The molecule has 1 aromatic carbocycles. The average molecular weight is 403 g/mol. The fourth-order valence-corrected chi connectivity index (χ4v) is 4.70. The fourth-order valence-electron chi connectivity index (χ4n) is 2.90. The molecule has 1 atom stereocenters. The number of halogens is 1. The van der Waals surface area contributed by atoms with Crippen LogP contribution in [0.4, 0.5) is 4.79 Å². The van der Waals surface area contributed by atoms with E-state index in [2.05, 4.69) is 0 Å². The summed E-state index contributed by atoms with van der Waals surface area (Å²) in [7, 11) is -1.83. The Morgan fingerprint density at radius 2 is 2.08 bits per heavy atom. The normalized spacial score (nSPS) is 19.2. The Kier molecular flexibility index (Phi) is 6.58. The number of benzene rings is 1. The van der Waals surface area contributed by atoms with Crippen LogP contribution < -0.4 is 0 Å². The van der Waals surface area contributed by atoms with E-state index >= 15 is 0 Å². The van der Waals surface area contributed by atoms with Crippen LogP contribution in [-0.2, 0) is 20.5 Å². The molecule has 0 spiro atoms. The second kappa shape index (κ2) is 8.15. The molecule has 0 saturated carbocycles. The Balaban J connectivity index is 2.05. The molecule has 0 aliphatic carbocycles. The lowest BCUT2D eigenvalue weighted by Gasteiger charge is -2.37. The Hall–Kier alpha value is -1.31. The van der Waals surface area contributed by atoms with Gasteiger partial charge in [0.1, 0.15) is 5.60 Å². The van der Waals surface area contributed by atoms with Gasteiger partial charge in [-0.1, -0.05) is 23.7 Å². The zero-order valence-electron chi connectivity index (χ0n) is 15.7. The highest BCUT2D eigenvalue weighted by atomic mass is 35.5. The summed E-state index contributed by atoms with van der Waals surface area (Å²) in [6.45, 7) is 6.16. The second-order valence-corrected chi connectivity index (χ2v) is 10.0. The summed E-state index contributed by atoms with van der Waals surface area (Å²) in [4.78, 5) is 13.8. The predicted octanol–water partition coefficient (Wildman–Crippen LogP) is 3.50. The van der Waals surface area contributed by atoms with Crippen LogP contribution in [0.5, 0.6) is 0 Å². The number of hydrogen-bond donors (Lipinski definition) is 0. The smallest absolute Gasteiger partial charge is 0.410 e. The maximum Gasteiger partial charge on any atom is 0.410 e. The number of carbonyl (C=O) groups is 1. The maximum atomic E-state index is 12.8. The zero-order chi connectivity index (χ0) is 19.5. The first kappa shape index (κ1) is 21.0. The van der Waals surface area contributed by atoms with Crippen LogP contribution in [0.1, 0.15) is 39.2 Å². The lowest BCUT2D eigenvalue weighted by atomic mass is 10.1. The van der Waals surface area contributed by atoms with Gasteiger partial charge in [-0.15, -0.1) is 0 Å². The summed E-state index contributed by atoms with van der Waals surface area (Å²) in [5.41, 5.74) is 0.0679. The molecule has 8 heteroatoms. The minimum atomic E-state index is -3.48. The molecule has 0 radical (unpaired) electrons. The quantitative estimate of drug-likeness (QED) is 0.772. The number of hydrogen-bond acceptors (Lipinski definition) is 4. The van der Waals surface area contributed by atoms with Crippen molar-refractivity contribution in [3.8, 4) is 0 Å². The Bertz CT molecular complexity index is 746. The molecular formula is C18H27ClN2O4S. The van der Waals surface area contributed by atoms with E-state index in [1.165, 1.54) is 9.21 Å². The number of likely N-dealkylation sites (N-methyl/N-ethyl adjacent to an activating group) is 1. The molecular weight excluding hydrogens is 376 g/mol. The lowest BCUT2D eigenvalue weighted by molar-refractivity contribution is 0.0173. The predicted molar refractivity (Wildman–Crippen MR) is 103 cm³/mol. The average Bonchev–Trinajstić information content (AvgIpc) is 2.52. The van der Waals surface area contributed by atoms with Crippen molar-refractivity contribution in [3.05, 3.63) is 34.9 Å². The number of amides is 1. The molecule has 0 bridgehead atoms. The number of rotatable bonds is 4. The maximum absolute atomic E-state index is 12.8. The molecule has 1 aliphatic rings. The first-order valence-corrected chi connectivity index (χ1v) is 10.6. The van der Waals surface area contributed by atoms with Crippen LogP contribution in [0, 0.1) is 0 Å². The van der Waals surface area contributed by atoms with Gasteiger partial charge in [-0.3, -0.25) is 0 Å². The summed E-state index contributed by atoms with van der Waals surface area (Å²) in [5, 5.41) is 0.513. The van der Waals surface area contributed by atoms with Crippen molar-refractivity contribution < 1.29 is 17.9 Å². The number of piperidine rings is 1. The van der Waals surface area contributed by atoms with E-state index < -0.39 is 21.7 Å². The highest BCUT2D eigenvalue weighted by Gasteiger charge is 2.33. The third-order valence-electron chi connectivity index (χ3n) is 4.22. The fraction of sp³-hybridized carbons (Fsp3) is 0.611. The van der Waals surface area contributed by atoms with E-state index in [-0.39, 0.29) is 18.3 Å². The van der Waals surface area contributed by atoms with E-state index in [0.29, 0.717) is 23.6 Å². The standard InChI is InChI=1S/C18H27ClN2O4S/c1-18(2,3)25-17(22)20(4)16-9-6-10-21(12-16)26(23,24)13-14-7-5-8-15(19)11-14/h5,7-8,11,16H,6,9-10,12-13H2,1-4H3. The van der Waals surface area contributed by atoms with Gasteiger partial charge in [-0.05, 0) is 51.3 Å². The molecule has 1 unspecified atom stereocenters. The highest BCUT2D eigenvalue weighted by Crippen LogP contribution is 2.22. The summed E-state index contributed by atoms with van der Waals surface area (Å²) in [5.74, 6) is -0.101. The van der Waals surface area contributed by atoms with Crippen LogP contribution in [-0.4, -0.2) is 55.5 Å².